The molecule has 0 spiro atoms. The molecule has 0 bridgehead atoms. The number of benzene rings is 1. The van der Waals surface area contributed by atoms with Crippen LogP contribution in [0.3, 0.4) is 0 Å². The van der Waals surface area contributed by atoms with Crippen LogP contribution >= 0.6 is 11.6 Å². The van der Waals surface area contributed by atoms with Gasteiger partial charge in [0.15, 0.2) is 0 Å². The average molecular weight is 243 g/mol. The smallest absolute Gasteiger partial charge is 0.137 e. The van der Waals surface area contributed by atoms with E-state index in [2.05, 4.69) is 13.8 Å². The summed E-state index contributed by atoms with van der Waals surface area (Å²) in [5.41, 5.74) is -0.00563. The van der Waals surface area contributed by atoms with Gasteiger partial charge in [0.25, 0.3) is 0 Å². The maximum absolute atomic E-state index is 10.4. The van der Waals surface area contributed by atoms with Crippen LogP contribution in [0.5, 0.6) is 5.75 Å². The summed E-state index contributed by atoms with van der Waals surface area (Å²) in [6, 6.07) is 5.39. The largest absolute Gasteiger partial charge is 0.495 e. The summed E-state index contributed by atoms with van der Waals surface area (Å²) < 4.78 is 5.14. The quantitative estimate of drug-likeness (QED) is 0.874. The van der Waals surface area contributed by atoms with E-state index < -0.39 is 5.60 Å². The highest BCUT2D eigenvalue weighted by Gasteiger charge is 2.25. The molecule has 1 rings (SSSR count). The predicted octanol–water partition coefficient (Wildman–Crippen LogP) is 3.60. The number of aliphatic hydroxyl groups is 1. The maximum Gasteiger partial charge on any atom is 0.137 e. The van der Waals surface area contributed by atoms with Crippen molar-refractivity contribution in [3.63, 3.8) is 0 Å². The van der Waals surface area contributed by atoms with Crippen molar-refractivity contribution >= 4 is 11.6 Å². The molecule has 1 unspecified atom stereocenters. The molecule has 0 radical (unpaired) electrons. The third-order valence-corrected chi connectivity index (χ3v) is 2.89. The molecule has 90 valence electrons. The Hall–Kier alpha value is -0.730. The molecule has 0 aliphatic rings. The first-order valence-electron chi connectivity index (χ1n) is 5.43. The van der Waals surface area contributed by atoms with Gasteiger partial charge in [-0.05, 0) is 37.0 Å². The lowest BCUT2D eigenvalue weighted by molar-refractivity contribution is 0.0347. The minimum Gasteiger partial charge on any atom is -0.495 e. The maximum atomic E-state index is 10.4. The topological polar surface area (TPSA) is 29.5 Å². The second-order valence-corrected chi connectivity index (χ2v) is 5.13. The molecule has 2 nitrogen and oxygen atoms in total. The fourth-order valence-corrected chi connectivity index (χ4v) is 2.10. The number of hydrogen-bond donors (Lipinski definition) is 1. The van der Waals surface area contributed by atoms with E-state index in [1.165, 1.54) is 0 Å². The highest BCUT2D eigenvalue weighted by atomic mass is 35.5. The third kappa shape index (κ3) is 3.13. The van der Waals surface area contributed by atoms with E-state index in [4.69, 9.17) is 16.3 Å². The Balaban J connectivity index is 3.03. The van der Waals surface area contributed by atoms with Gasteiger partial charge in [-0.3, -0.25) is 0 Å². The van der Waals surface area contributed by atoms with Gasteiger partial charge in [-0.15, -0.1) is 0 Å². The van der Waals surface area contributed by atoms with Crippen molar-refractivity contribution in [2.75, 3.05) is 7.11 Å². The molecule has 0 saturated carbocycles. The summed E-state index contributed by atoms with van der Waals surface area (Å²) >= 11 is 5.95. The van der Waals surface area contributed by atoms with Crippen molar-refractivity contribution in [1.82, 2.24) is 0 Å². The van der Waals surface area contributed by atoms with Crippen molar-refractivity contribution in [1.29, 1.82) is 0 Å². The highest BCUT2D eigenvalue weighted by Crippen LogP contribution is 2.33. The zero-order valence-corrected chi connectivity index (χ0v) is 11.0. The number of rotatable bonds is 4. The highest BCUT2D eigenvalue weighted by molar-refractivity contribution is 6.32. The molecule has 1 N–H and O–H groups in total. The SMILES string of the molecule is COc1cc(C(C)(O)CC(C)C)ccc1Cl. The molecule has 0 heterocycles. The minimum absolute atomic E-state index is 0.427. The third-order valence-electron chi connectivity index (χ3n) is 2.58. The van der Waals surface area contributed by atoms with Gasteiger partial charge in [-0.25, -0.2) is 0 Å². The van der Waals surface area contributed by atoms with Gasteiger partial charge in [-0.2, -0.15) is 0 Å². The van der Waals surface area contributed by atoms with Crippen molar-refractivity contribution in [3.8, 4) is 5.75 Å². The molecule has 0 aliphatic carbocycles. The van der Waals surface area contributed by atoms with Crippen LogP contribution in [0.2, 0.25) is 5.02 Å². The summed E-state index contributed by atoms with van der Waals surface area (Å²) in [7, 11) is 1.57. The van der Waals surface area contributed by atoms with Crippen molar-refractivity contribution in [2.24, 2.45) is 5.92 Å². The number of hydrogen-bond acceptors (Lipinski definition) is 2. The summed E-state index contributed by atoms with van der Waals surface area (Å²) in [6.45, 7) is 5.99. The van der Waals surface area contributed by atoms with Crippen LogP contribution in [-0.4, -0.2) is 12.2 Å². The standard InChI is InChI=1S/C13H19ClO2/c1-9(2)8-13(3,15)10-5-6-11(14)12(7-10)16-4/h5-7,9,15H,8H2,1-4H3. The summed E-state index contributed by atoms with van der Waals surface area (Å²) in [5, 5.41) is 10.9. The number of methoxy groups -OCH3 is 1. The lowest BCUT2D eigenvalue weighted by Crippen LogP contribution is -2.23. The minimum atomic E-state index is -0.841. The van der Waals surface area contributed by atoms with Crippen molar-refractivity contribution < 1.29 is 9.84 Å². The second-order valence-electron chi connectivity index (χ2n) is 4.72. The molecule has 0 amide bonds. The predicted molar refractivity (Wildman–Crippen MR) is 67.0 cm³/mol. The molecule has 0 fully saturated rings. The van der Waals surface area contributed by atoms with E-state index in [9.17, 15) is 5.11 Å². The molecule has 3 heteroatoms. The van der Waals surface area contributed by atoms with Crippen LogP contribution in [-0.2, 0) is 5.60 Å². The molecule has 0 saturated heterocycles. The van der Waals surface area contributed by atoms with E-state index >= 15 is 0 Å². The first-order chi connectivity index (χ1) is 7.36. The molecular formula is C13H19ClO2. The molecule has 1 aromatic rings. The normalized spacial score (nSPS) is 14.9. The van der Waals surface area contributed by atoms with Crippen LogP contribution in [0.4, 0.5) is 0 Å². The summed E-state index contributed by atoms with van der Waals surface area (Å²) in [5.74, 6) is 1.03. The van der Waals surface area contributed by atoms with Gasteiger partial charge >= 0.3 is 0 Å². The Kier molecular flexibility index (Phi) is 4.22. The van der Waals surface area contributed by atoms with Gasteiger partial charge in [0.05, 0.1) is 17.7 Å². The fourth-order valence-electron chi connectivity index (χ4n) is 1.91. The zero-order valence-electron chi connectivity index (χ0n) is 10.2. The van der Waals surface area contributed by atoms with Crippen LogP contribution in [0.1, 0.15) is 32.8 Å². The van der Waals surface area contributed by atoms with Crippen LogP contribution in [0, 0.1) is 5.92 Å². The Morgan fingerprint density at radius 1 is 1.44 bits per heavy atom. The molecular weight excluding hydrogens is 224 g/mol. The second kappa shape index (κ2) is 5.07. The van der Waals surface area contributed by atoms with Gasteiger partial charge in [0, 0.05) is 0 Å². The number of ether oxygens (including phenoxy) is 1. The first-order valence-corrected chi connectivity index (χ1v) is 5.81. The van der Waals surface area contributed by atoms with E-state index in [0.29, 0.717) is 23.1 Å². The van der Waals surface area contributed by atoms with Gasteiger partial charge in [-0.1, -0.05) is 31.5 Å². The number of halogens is 1. The monoisotopic (exact) mass is 242 g/mol. The molecule has 0 aliphatic heterocycles. The van der Waals surface area contributed by atoms with Crippen molar-refractivity contribution in [3.05, 3.63) is 28.8 Å². The van der Waals surface area contributed by atoms with E-state index in [1.807, 2.05) is 13.0 Å². The summed E-state index contributed by atoms with van der Waals surface area (Å²) in [4.78, 5) is 0. The lowest BCUT2D eigenvalue weighted by Gasteiger charge is -2.26. The Labute approximate surface area is 102 Å². The van der Waals surface area contributed by atoms with Gasteiger partial charge in [0.1, 0.15) is 5.75 Å². The Morgan fingerprint density at radius 2 is 2.06 bits per heavy atom. The van der Waals surface area contributed by atoms with Crippen molar-refractivity contribution in [2.45, 2.75) is 32.8 Å². The van der Waals surface area contributed by atoms with Crippen LogP contribution in [0.25, 0.3) is 0 Å². The lowest BCUT2D eigenvalue weighted by atomic mass is 9.87. The molecule has 1 atom stereocenters. The van der Waals surface area contributed by atoms with E-state index in [1.54, 1.807) is 19.2 Å². The molecule has 16 heavy (non-hydrogen) atoms. The van der Waals surface area contributed by atoms with Gasteiger partial charge in [0.2, 0.25) is 0 Å². The van der Waals surface area contributed by atoms with E-state index in [0.717, 1.165) is 5.56 Å². The average Bonchev–Trinajstić information content (AvgIpc) is 2.16. The molecule has 0 aromatic heterocycles. The molecule has 1 aromatic carbocycles. The van der Waals surface area contributed by atoms with Gasteiger partial charge < -0.3 is 9.84 Å². The Morgan fingerprint density at radius 3 is 2.56 bits per heavy atom. The Bertz CT molecular complexity index is 359. The van der Waals surface area contributed by atoms with E-state index in [-0.39, 0.29) is 0 Å². The van der Waals surface area contributed by atoms with Crippen LogP contribution in [0.15, 0.2) is 18.2 Å². The first kappa shape index (κ1) is 13.3. The van der Waals surface area contributed by atoms with Crippen LogP contribution < -0.4 is 4.74 Å². The zero-order chi connectivity index (χ0) is 12.3. The fraction of sp³-hybridized carbons (Fsp3) is 0.538. The summed E-state index contributed by atoms with van der Waals surface area (Å²) in [6.07, 6.45) is 0.706.